The molecule has 20 heavy (non-hydrogen) atoms. The first-order valence-corrected chi connectivity index (χ1v) is 7.03. The minimum Gasteiger partial charge on any atom is -0.488 e. The summed E-state index contributed by atoms with van der Waals surface area (Å²) in [5.41, 5.74) is -0.376. The maximum absolute atomic E-state index is 13.9. The Balaban J connectivity index is 2.19. The summed E-state index contributed by atoms with van der Waals surface area (Å²) in [6, 6.07) is 11.4. The van der Waals surface area contributed by atoms with Gasteiger partial charge in [-0.15, -0.1) is 11.8 Å². The van der Waals surface area contributed by atoms with E-state index >= 15 is 0 Å². The van der Waals surface area contributed by atoms with Crippen LogP contribution in [0.15, 0.2) is 47.4 Å². The van der Waals surface area contributed by atoms with Gasteiger partial charge in [-0.25, -0.2) is 0 Å². The van der Waals surface area contributed by atoms with Crippen LogP contribution in [0.3, 0.4) is 0 Å². The predicted molar refractivity (Wildman–Crippen MR) is 75.6 cm³/mol. The highest BCUT2D eigenvalue weighted by molar-refractivity contribution is 7.98. The van der Waals surface area contributed by atoms with Gasteiger partial charge in [0.05, 0.1) is 4.92 Å². The fourth-order valence-corrected chi connectivity index (χ4v) is 2.26. The van der Waals surface area contributed by atoms with Crippen LogP contribution in [0.2, 0.25) is 0 Å². The van der Waals surface area contributed by atoms with E-state index in [1.807, 2.05) is 24.5 Å². The summed E-state index contributed by atoms with van der Waals surface area (Å²) >= 11 is 1.52. The van der Waals surface area contributed by atoms with E-state index in [0.717, 1.165) is 11.0 Å². The lowest BCUT2D eigenvalue weighted by Crippen LogP contribution is -2.02. The quantitative estimate of drug-likeness (QED) is 0.474. The Hall–Kier alpha value is -2.08. The number of hydrogen-bond acceptors (Lipinski definition) is 4. The first kappa shape index (κ1) is 14.3. The van der Waals surface area contributed by atoms with Gasteiger partial charge in [-0.05, 0) is 18.4 Å². The van der Waals surface area contributed by atoms with E-state index in [0.29, 0.717) is 5.75 Å². The van der Waals surface area contributed by atoms with E-state index in [9.17, 15) is 14.5 Å². The summed E-state index contributed by atoms with van der Waals surface area (Å²) in [6.07, 6.45) is 1.91. The lowest BCUT2D eigenvalue weighted by atomic mass is 10.2. The molecule has 0 aliphatic rings. The van der Waals surface area contributed by atoms with Crippen molar-refractivity contribution < 1.29 is 14.1 Å². The Bertz CT molecular complexity index is 634. The highest BCUT2D eigenvalue weighted by atomic mass is 32.2. The van der Waals surface area contributed by atoms with Crippen LogP contribution in [-0.2, 0) is 6.61 Å². The van der Waals surface area contributed by atoms with Crippen LogP contribution in [0.25, 0.3) is 0 Å². The molecule has 0 radical (unpaired) electrons. The molecule has 104 valence electrons. The molecule has 4 nitrogen and oxygen atoms in total. The number of hydrogen-bond donors (Lipinski definition) is 0. The molecule has 0 atom stereocenters. The number of rotatable bonds is 5. The minimum absolute atomic E-state index is 0.0505. The standard InChI is InChI=1S/C14H12FNO3S/c1-20-13-8-3-2-7-12(13)19-9-10-5-4-6-11(14(10)15)16(17)18/h2-8H,9H2,1H3. The molecule has 0 fully saturated rings. The monoisotopic (exact) mass is 293 g/mol. The average Bonchev–Trinajstić information content (AvgIpc) is 2.46. The van der Waals surface area contributed by atoms with Crippen LogP contribution in [0, 0.1) is 15.9 Å². The van der Waals surface area contributed by atoms with E-state index in [4.69, 9.17) is 4.74 Å². The van der Waals surface area contributed by atoms with E-state index in [2.05, 4.69) is 0 Å². The third-order valence-electron chi connectivity index (χ3n) is 2.71. The van der Waals surface area contributed by atoms with E-state index in [-0.39, 0.29) is 12.2 Å². The first-order chi connectivity index (χ1) is 9.63. The second-order valence-electron chi connectivity index (χ2n) is 3.95. The molecule has 0 heterocycles. The molecule has 2 aromatic rings. The molecule has 0 aliphatic carbocycles. The summed E-state index contributed by atoms with van der Waals surface area (Å²) in [7, 11) is 0. The average molecular weight is 293 g/mol. The van der Waals surface area contributed by atoms with Gasteiger partial charge in [0, 0.05) is 16.5 Å². The molecular weight excluding hydrogens is 281 g/mol. The van der Waals surface area contributed by atoms with Gasteiger partial charge in [-0.1, -0.05) is 24.3 Å². The zero-order chi connectivity index (χ0) is 14.5. The van der Waals surface area contributed by atoms with Crippen LogP contribution < -0.4 is 4.74 Å². The van der Waals surface area contributed by atoms with Crippen LogP contribution in [0.4, 0.5) is 10.1 Å². The lowest BCUT2D eigenvalue weighted by molar-refractivity contribution is -0.387. The molecule has 0 spiro atoms. The van der Waals surface area contributed by atoms with Gasteiger partial charge in [0.2, 0.25) is 5.82 Å². The van der Waals surface area contributed by atoms with Crippen molar-refractivity contribution >= 4 is 17.4 Å². The first-order valence-electron chi connectivity index (χ1n) is 5.81. The van der Waals surface area contributed by atoms with Gasteiger partial charge in [-0.3, -0.25) is 10.1 Å². The molecular formula is C14H12FNO3S. The van der Waals surface area contributed by atoms with Crippen LogP contribution >= 0.6 is 11.8 Å². The number of halogens is 1. The van der Waals surface area contributed by atoms with Crippen molar-refractivity contribution in [2.45, 2.75) is 11.5 Å². The van der Waals surface area contributed by atoms with E-state index in [1.165, 1.54) is 23.9 Å². The van der Waals surface area contributed by atoms with Gasteiger partial charge in [0.15, 0.2) is 0 Å². The third-order valence-corrected chi connectivity index (χ3v) is 3.48. The molecule has 6 heteroatoms. The molecule has 0 amide bonds. The highest BCUT2D eigenvalue weighted by Gasteiger charge is 2.17. The maximum Gasteiger partial charge on any atom is 0.305 e. The zero-order valence-electron chi connectivity index (χ0n) is 10.7. The summed E-state index contributed by atoms with van der Waals surface area (Å²) < 4.78 is 19.4. The van der Waals surface area contributed by atoms with Gasteiger partial charge in [0.25, 0.3) is 0 Å². The predicted octanol–water partition coefficient (Wildman–Crippen LogP) is 4.03. The highest BCUT2D eigenvalue weighted by Crippen LogP contribution is 2.28. The van der Waals surface area contributed by atoms with Crippen molar-refractivity contribution in [1.29, 1.82) is 0 Å². The summed E-state index contributed by atoms with van der Waals surface area (Å²) in [5.74, 6) is -0.218. The molecule has 0 unspecified atom stereocenters. The third kappa shape index (κ3) is 3.08. The Labute approximate surface area is 119 Å². The van der Waals surface area contributed by atoms with Crippen molar-refractivity contribution in [2.75, 3.05) is 6.26 Å². The fourth-order valence-electron chi connectivity index (χ4n) is 1.71. The van der Waals surface area contributed by atoms with Crippen LogP contribution in [0.1, 0.15) is 5.56 Å². The Morgan fingerprint density at radius 3 is 2.70 bits per heavy atom. The van der Waals surface area contributed by atoms with Crippen molar-refractivity contribution in [3.05, 3.63) is 64.0 Å². The zero-order valence-corrected chi connectivity index (χ0v) is 11.5. The number of benzene rings is 2. The topological polar surface area (TPSA) is 52.4 Å². The minimum atomic E-state index is -0.848. The molecule has 0 N–H and O–H groups in total. The molecule has 0 saturated heterocycles. The molecule has 0 aromatic heterocycles. The second-order valence-corrected chi connectivity index (χ2v) is 4.79. The molecule has 2 rings (SSSR count). The Morgan fingerprint density at radius 1 is 1.25 bits per heavy atom. The lowest BCUT2D eigenvalue weighted by Gasteiger charge is -2.10. The number of ether oxygens (including phenoxy) is 1. The molecule has 0 aliphatic heterocycles. The van der Waals surface area contributed by atoms with Crippen molar-refractivity contribution in [1.82, 2.24) is 0 Å². The van der Waals surface area contributed by atoms with Crippen LogP contribution in [0.5, 0.6) is 5.75 Å². The summed E-state index contributed by atoms with van der Waals surface area (Å²) in [6.45, 7) is -0.0505. The second kappa shape index (κ2) is 6.38. The SMILES string of the molecule is CSc1ccccc1OCc1cccc([N+](=O)[O-])c1F. The van der Waals surface area contributed by atoms with Crippen molar-refractivity contribution in [2.24, 2.45) is 0 Å². The molecule has 0 saturated carbocycles. The molecule has 2 aromatic carbocycles. The van der Waals surface area contributed by atoms with Gasteiger partial charge in [0.1, 0.15) is 12.4 Å². The number of thioether (sulfide) groups is 1. The van der Waals surface area contributed by atoms with Crippen molar-refractivity contribution in [3.8, 4) is 5.75 Å². The number of para-hydroxylation sites is 1. The van der Waals surface area contributed by atoms with E-state index < -0.39 is 16.4 Å². The molecule has 0 bridgehead atoms. The Morgan fingerprint density at radius 2 is 2.00 bits per heavy atom. The number of nitro benzene ring substituents is 1. The summed E-state index contributed by atoms with van der Waals surface area (Å²) in [4.78, 5) is 10.9. The van der Waals surface area contributed by atoms with Gasteiger partial charge >= 0.3 is 5.69 Å². The number of nitrogens with zero attached hydrogens (tertiary/aromatic N) is 1. The fraction of sp³-hybridized carbons (Fsp3) is 0.143. The van der Waals surface area contributed by atoms with Gasteiger partial charge < -0.3 is 4.74 Å². The number of nitro groups is 1. The Kier molecular flexibility index (Phi) is 4.57. The summed E-state index contributed by atoms with van der Waals surface area (Å²) in [5, 5.41) is 10.7. The largest absolute Gasteiger partial charge is 0.488 e. The maximum atomic E-state index is 13.9. The van der Waals surface area contributed by atoms with Gasteiger partial charge in [-0.2, -0.15) is 4.39 Å². The van der Waals surface area contributed by atoms with Crippen LogP contribution in [-0.4, -0.2) is 11.2 Å². The smallest absolute Gasteiger partial charge is 0.305 e. The normalized spacial score (nSPS) is 10.3. The van der Waals surface area contributed by atoms with E-state index in [1.54, 1.807) is 6.07 Å². The van der Waals surface area contributed by atoms with Crippen molar-refractivity contribution in [3.63, 3.8) is 0 Å².